The molecule has 0 saturated carbocycles. The van der Waals surface area contributed by atoms with Crippen LogP contribution in [0.4, 0.5) is 0 Å². The van der Waals surface area contributed by atoms with Crippen molar-refractivity contribution in [2.45, 2.75) is 6.61 Å². The van der Waals surface area contributed by atoms with Crippen LogP contribution >= 0.6 is 11.6 Å². The highest BCUT2D eigenvalue weighted by molar-refractivity contribution is 6.30. The molecular weight excluding hydrogens is 278 g/mol. The molecule has 0 unspecified atom stereocenters. The zero-order chi connectivity index (χ0) is 13.9. The number of nitrogens with zero attached hydrogens (tertiary/aromatic N) is 3. The summed E-state index contributed by atoms with van der Waals surface area (Å²) in [4.78, 5) is 4.35. The summed E-state index contributed by atoms with van der Waals surface area (Å²) in [6.45, 7) is 0.264. The molecule has 2 heterocycles. The van der Waals surface area contributed by atoms with E-state index in [-0.39, 0.29) is 6.61 Å². The normalized spacial score (nSPS) is 10.7. The first-order chi connectivity index (χ1) is 9.76. The van der Waals surface area contributed by atoms with Crippen molar-refractivity contribution in [2.24, 2.45) is 0 Å². The Morgan fingerprint density at radius 1 is 1.20 bits per heavy atom. The van der Waals surface area contributed by atoms with Crippen LogP contribution in [-0.4, -0.2) is 21.7 Å². The number of para-hydroxylation sites is 2. The quantitative estimate of drug-likeness (QED) is 0.741. The highest BCUT2D eigenvalue weighted by Gasteiger charge is 2.07. The van der Waals surface area contributed by atoms with E-state index in [1.54, 1.807) is 30.0 Å². The summed E-state index contributed by atoms with van der Waals surface area (Å²) in [5.41, 5.74) is 0.691. The second kappa shape index (κ2) is 5.38. The summed E-state index contributed by atoms with van der Waals surface area (Å²) in [6, 6.07) is 11.0. The molecule has 0 bridgehead atoms. The van der Waals surface area contributed by atoms with Gasteiger partial charge in [0.15, 0.2) is 23.0 Å². The zero-order valence-electron chi connectivity index (χ0n) is 10.8. The molecule has 0 spiro atoms. The fraction of sp³-hybridized carbons (Fsp3) is 0.143. The van der Waals surface area contributed by atoms with Crippen LogP contribution in [0.1, 0.15) is 5.82 Å². The van der Waals surface area contributed by atoms with Crippen LogP contribution in [0, 0.1) is 0 Å². The molecule has 0 aliphatic carbocycles. The van der Waals surface area contributed by atoms with Crippen LogP contribution in [0.5, 0.6) is 11.5 Å². The van der Waals surface area contributed by atoms with Gasteiger partial charge < -0.3 is 9.47 Å². The number of ether oxygens (including phenoxy) is 2. The molecule has 1 aromatic carbocycles. The van der Waals surface area contributed by atoms with Gasteiger partial charge in [0.05, 0.1) is 7.11 Å². The Morgan fingerprint density at radius 2 is 2.00 bits per heavy atom. The fourth-order valence-electron chi connectivity index (χ4n) is 1.84. The molecule has 5 nitrogen and oxygen atoms in total. The third-order valence-corrected chi connectivity index (χ3v) is 3.00. The van der Waals surface area contributed by atoms with Crippen molar-refractivity contribution in [3.63, 3.8) is 0 Å². The van der Waals surface area contributed by atoms with Crippen LogP contribution < -0.4 is 9.47 Å². The molecule has 0 N–H and O–H groups in total. The number of fused-ring (bicyclic) bond motifs is 1. The van der Waals surface area contributed by atoms with E-state index in [9.17, 15) is 0 Å². The van der Waals surface area contributed by atoms with E-state index in [0.29, 0.717) is 28.0 Å². The van der Waals surface area contributed by atoms with Gasteiger partial charge >= 0.3 is 0 Å². The van der Waals surface area contributed by atoms with E-state index >= 15 is 0 Å². The van der Waals surface area contributed by atoms with Crippen LogP contribution in [0.25, 0.3) is 5.65 Å². The second-order valence-electron chi connectivity index (χ2n) is 4.12. The average molecular weight is 290 g/mol. The lowest BCUT2D eigenvalue weighted by molar-refractivity contribution is 0.276. The Balaban J connectivity index is 1.79. The van der Waals surface area contributed by atoms with E-state index in [1.807, 2.05) is 24.3 Å². The van der Waals surface area contributed by atoms with Gasteiger partial charge in [0.1, 0.15) is 6.61 Å². The minimum absolute atomic E-state index is 0.264. The van der Waals surface area contributed by atoms with E-state index in [1.165, 1.54) is 0 Å². The SMILES string of the molecule is COc1ccccc1OCc1nc2cc(Cl)ccn2n1. The molecule has 0 fully saturated rings. The maximum atomic E-state index is 5.91. The molecule has 102 valence electrons. The maximum Gasteiger partial charge on any atom is 0.189 e. The maximum absolute atomic E-state index is 5.91. The van der Waals surface area contributed by atoms with Crippen LogP contribution in [0.15, 0.2) is 42.6 Å². The summed E-state index contributed by atoms with van der Waals surface area (Å²) in [7, 11) is 1.60. The smallest absolute Gasteiger partial charge is 0.189 e. The lowest BCUT2D eigenvalue weighted by atomic mass is 10.3. The van der Waals surface area contributed by atoms with Gasteiger partial charge in [-0.05, 0) is 18.2 Å². The van der Waals surface area contributed by atoms with Crippen LogP contribution in [0.2, 0.25) is 5.02 Å². The van der Waals surface area contributed by atoms with E-state index in [2.05, 4.69) is 10.1 Å². The van der Waals surface area contributed by atoms with Gasteiger partial charge in [-0.15, -0.1) is 5.10 Å². The highest BCUT2D eigenvalue weighted by Crippen LogP contribution is 2.26. The van der Waals surface area contributed by atoms with Crippen molar-refractivity contribution in [2.75, 3.05) is 7.11 Å². The summed E-state index contributed by atoms with van der Waals surface area (Å²) in [5, 5.41) is 4.93. The Labute approximate surface area is 120 Å². The van der Waals surface area contributed by atoms with Gasteiger partial charge in [0.25, 0.3) is 0 Å². The lowest BCUT2D eigenvalue weighted by Gasteiger charge is -2.08. The van der Waals surface area contributed by atoms with E-state index in [0.717, 1.165) is 0 Å². The standard InChI is InChI=1S/C14H12ClN3O2/c1-19-11-4-2-3-5-12(11)20-9-13-16-14-8-10(15)6-7-18(14)17-13/h2-8H,9H2,1H3. The summed E-state index contributed by atoms with van der Waals surface area (Å²) in [6.07, 6.45) is 1.76. The molecular formula is C14H12ClN3O2. The molecule has 0 aliphatic heterocycles. The molecule has 0 aliphatic rings. The molecule has 0 atom stereocenters. The molecule has 20 heavy (non-hydrogen) atoms. The van der Waals surface area contributed by atoms with E-state index in [4.69, 9.17) is 21.1 Å². The Kier molecular flexibility index (Phi) is 3.43. The third-order valence-electron chi connectivity index (χ3n) is 2.77. The number of halogens is 1. The minimum Gasteiger partial charge on any atom is -0.493 e. The first kappa shape index (κ1) is 12.7. The monoisotopic (exact) mass is 289 g/mol. The predicted octanol–water partition coefficient (Wildman–Crippen LogP) is 2.97. The number of rotatable bonds is 4. The van der Waals surface area contributed by atoms with Gasteiger partial charge in [0, 0.05) is 17.3 Å². The van der Waals surface area contributed by atoms with Crippen LogP contribution in [0.3, 0.4) is 0 Å². The van der Waals surface area contributed by atoms with Gasteiger partial charge in [-0.25, -0.2) is 9.50 Å². The molecule has 0 radical (unpaired) electrons. The molecule has 3 aromatic rings. The molecule has 0 saturated heterocycles. The Hall–Kier alpha value is -2.27. The van der Waals surface area contributed by atoms with Gasteiger partial charge in [-0.2, -0.15) is 0 Å². The van der Waals surface area contributed by atoms with Gasteiger partial charge in [-0.1, -0.05) is 23.7 Å². The fourth-order valence-corrected chi connectivity index (χ4v) is 2.00. The van der Waals surface area contributed by atoms with Gasteiger partial charge in [-0.3, -0.25) is 0 Å². The average Bonchev–Trinajstić information content (AvgIpc) is 2.87. The molecule has 3 rings (SSSR count). The van der Waals surface area contributed by atoms with Crippen molar-refractivity contribution in [3.8, 4) is 11.5 Å². The Bertz CT molecular complexity index is 742. The topological polar surface area (TPSA) is 48.7 Å². The number of methoxy groups -OCH3 is 1. The number of pyridine rings is 1. The predicted molar refractivity (Wildman–Crippen MR) is 75.3 cm³/mol. The first-order valence-electron chi connectivity index (χ1n) is 6.03. The van der Waals surface area contributed by atoms with Crippen molar-refractivity contribution >= 4 is 17.2 Å². The lowest BCUT2D eigenvalue weighted by Crippen LogP contribution is -1.99. The molecule has 2 aromatic heterocycles. The van der Waals surface area contributed by atoms with Crippen molar-refractivity contribution < 1.29 is 9.47 Å². The molecule has 0 amide bonds. The van der Waals surface area contributed by atoms with Crippen molar-refractivity contribution in [3.05, 3.63) is 53.4 Å². The Morgan fingerprint density at radius 3 is 2.80 bits per heavy atom. The summed E-state index contributed by atoms with van der Waals surface area (Å²) >= 11 is 5.91. The largest absolute Gasteiger partial charge is 0.493 e. The minimum atomic E-state index is 0.264. The van der Waals surface area contributed by atoms with E-state index < -0.39 is 0 Å². The van der Waals surface area contributed by atoms with Crippen molar-refractivity contribution in [1.82, 2.24) is 14.6 Å². The number of aromatic nitrogens is 3. The van der Waals surface area contributed by atoms with Crippen molar-refractivity contribution in [1.29, 1.82) is 0 Å². The highest BCUT2D eigenvalue weighted by atomic mass is 35.5. The summed E-state index contributed by atoms with van der Waals surface area (Å²) < 4.78 is 12.6. The second-order valence-corrected chi connectivity index (χ2v) is 4.55. The summed E-state index contributed by atoms with van der Waals surface area (Å²) in [5.74, 6) is 1.92. The van der Waals surface area contributed by atoms with Gasteiger partial charge in [0.2, 0.25) is 0 Å². The first-order valence-corrected chi connectivity index (χ1v) is 6.41. The zero-order valence-corrected chi connectivity index (χ0v) is 11.5. The molecule has 6 heteroatoms. The number of benzene rings is 1. The number of hydrogen-bond acceptors (Lipinski definition) is 4. The number of hydrogen-bond donors (Lipinski definition) is 0. The van der Waals surface area contributed by atoms with Crippen LogP contribution in [-0.2, 0) is 6.61 Å². The third kappa shape index (κ3) is 2.53.